The van der Waals surface area contributed by atoms with Crippen LogP contribution in [-0.2, 0) is 6.54 Å². The molecule has 18 heavy (non-hydrogen) atoms. The van der Waals surface area contributed by atoms with Crippen LogP contribution in [0.3, 0.4) is 0 Å². The van der Waals surface area contributed by atoms with Gasteiger partial charge < -0.3 is 10.6 Å². The lowest BCUT2D eigenvalue weighted by Crippen LogP contribution is -2.23. The van der Waals surface area contributed by atoms with E-state index < -0.39 is 17.5 Å². The molecule has 100 valence electrons. The number of halogens is 3. The topological polar surface area (TPSA) is 24.1 Å². The van der Waals surface area contributed by atoms with E-state index in [9.17, 15) is 13.2 Å². The molecule has 1 aromatic rings. The smallest absolute Gasteiger partial charge is 0.194 e. The third-order valence-corrected chi connectivity index (χ3v) is 2.91. The molecule has 1 aliphatic rings. The summed E-state index contributed by atoms with van der Waals surface area (Å²) in [7, 11) is 0. The maximum Gasteiger partial charge on any atom is 0.194 e. The molecule has 2 N–H and O–H groups in total. The molecule has 0 unspecified atom stereocenters. The first-order chi connectivity index (χ1) is 8.66. The van der Waals surface area contributed by atoms with E-state index in [1.807, 2.05) is 0 Å². The lowest BCUT2D eigenvalue weighted by molar-refractivity contribution is 0.444. The van der Waals surface area contributed by atoms with Gasteiger partial charge in [0, 0.05) is 12.6 Å². The Hall–Kier alpha value is -1.07. The van der Waals surface area contributed by atoms with Crippen molar-refractivity contribution in [1.82, 2.24) is 10.6 Å². The first-order valence-corrected chi connectivity index (χ1v) is 6.24. The summed E-state index contributed by atoms with van der Waals surface area (Å²) in [5.74, 6) is -3.68. The van der Waals surface area contributed by atoms with Crippen molar-refractivity contribution in [2.75, 3.05) is 13.1 Å². The van der Waals surface area contributed by atoms with Gasteiger partial charge in [0.15, 0.2) is 17.5 Å². The summed E-state index contributed by atoms with van der Waals surface area (Å²) in [5, 5.41) is 6.45. The zero-order valence-corrected chi connectivity index (χ0v) is 10.1. The summed E-state index contributed by atoms with van der Waals surface area (Å²) >= 11 is 0. The fourth-order valence-electron chi connectivity index (χ4n) is 1.75. The Morgan fingerprint density at radius 1 is 1.06 bits per heavy atom. The van der Waals surface area contributed by atoms with Crippen molar-refractivity contribution >= 4 is 0 Å². The van der Waals surface area contributed by atoms with E-state index in [1.165, 1.54) is 12.8 Å². The molecule has 0 bridgehead atoms. The molecule has 0 saturated heterocycles. The second kappa shape index (κ2) is 6.20. The van der Waals surface area contributed by atoms with Crippen LogP contribution in [0.15, 0.2) is 12.1 Å². The first-order valence-electron chi connectivity index (χ1n) is 6.24. The van der Waals surface area contributed by atoms with Gasteiger partial charge in [0.2, 0.25) is 0 Å². The molecule has 0 atom stereocenters. The van der Waals surface area contributed by atoms with Gasteiger partial charge in [-0.25, -0.2) is 13.2 Å². The fourth-order valence-corrected chi connectivity index (χ4v) is 1.75. The Bertz CT molecular complexity index is 382. The van der Waals surface area contributed by atoms with Gasteiger partial charge in [0.1, 0.15) is 0 Å². The van der Waals surface area contributed by atoms with Crippen LogP contribution in [0.1, 0.15) is 24.8 Å². The minimum Gasteiger partial charge on any atom is -0.314 e. The van der Waals surface area contributed by atoms with Crippen LogP contribution in [0.4, 0.5) is 13.2 Å². The molecule has 0 radical (unpaired) electrons. The molecule has 0 aromatic heterocycles. The Labute approximate surface area is 105 Å². The summed E-state index contributed by atoms with van der Waals surface area (Å²) in [6.07, 6.45) is 3.49. The van der Waals surface area contributed by atoms with Crippen LogP contribution in [0.2, 0.25) is 0 Å². The van der Waals surface area contributed by atoms with E-state index in [4.69, 9.17) is 0 Å². The van der Waals surface area contributed by atoms with Crippen molar-refractivity contribution in [2.24, 2.45) is 0 Å². The predicted octanol–water partition coefficient (Wildman–Crippen LogP) is 2.34. The maximum atomic E-state index is 12.9. The van der Waals surface area contributed by atoms with Crippen LogP contribution in [0, 0.1) is 17.5 Å². The maximum absolute atomic E-state index is 12.9. The zero-order chi connectivity index (χ0) is 13.0. The standard InChI is InChI=1S/C13H17F3N2/c14-11-6-9(7-12(15)13(11)16)8-17-4-1-5-18-10-2-3-10/h6-7,10,17-18H,1-5,8H2. The monoisotopic (exact) mass is 258 g/mol. The molecule has 1 fully saturated rings. The largest absolute Gasteiger partial charge is 0.314 e. The third-order valence-electron chi connectivity index (χ3n) is 2.91. The summed E-state index contributed by atoms with van der Waals surface area (Å²) in [4.78, 5) is 0. The van der Waals surface area contributed by atoms with Crippen LogP contribution in [0.25, 0.3) is 0 Å². The number of hydrogen-bond acceptors (Lipinski definition) is 2. The van der Waals surface area contributed by atoms with E-state index in [0.29, 0.717) is 18.2 Å². The quantitative estimate of drug-likeness (QED) is 0.579. The minimum atomic E-state index is -1.41. The van der Waals surface area contributed by atoms with Crippen molar-refractivity contribution in [3.63, 3.8) is 0 Å². The summed E-state index contributed by atoms with van der Waals surface area (Å²) < 4.78 is 38.5. The lowest BCUT2D eigenvalue weighted by atomic mass is 10.2. The molecule has 0 amide bonds. The summed E-state index contributed by atoms with van der Waals surface area (Å²) in [6.45, 7) is 2.06. The summed E-state index contributed by atoms with van der Waals surface area (Å²) in [6, 6.07) is 2.74. The van der Waals surface area contributed by atoms with Gasteiger partial charge in [0.25, 0.3) is 0 Å². The fraction of sp³-hybridized carbons (Fsp3) is 0.538. The van der Waals surface area contributed by atoms with Gasteiger partial charge in [-0.15, -0.1) is 0 Å². The van der Waals surface area contributed by atoms with Gasteiger partial charge in [-0.05, 0) is 50.0 Å². The molecule has 0 heterocycles. The van der Waals surface area contributed by atoms with Crippen LogP contribution in [-0.4, -0.2) is 19.1 Å². The van der Waals surface area contributed by atoms with Gasteiger partial charge in [-0.3, -0.25) is 0 Å². The number of nitrogens with one attached hydrogen (secondary N) is 2. The van der Waals surface area contributed by atoms with Crippen molar-refractivity contribution < 1.29 is 13.2 Å². The second-order valence-corrected chi connectivity index (χ2v) is 4.63. The first kappa shape index (κ1) is 13.4. The Balaban J connectivity index is 1.66. The molecule has 2 rings (SSSR count). The van der Waals surface area contributed by atoms with Crippen molar-refractivity contribution in [2.45, 2.75) is 31.8 Å². The van der Waals surface area contributed by atoms with Gasteiger partial charge >= 0.3 is 0 Å². The highest BCUT2D eigenvalue weighted by molar-refractivity contribution is 5.19. The van der Waals surface area contributed by atoms with E-state index in [-0.39, 0.29) is 0 Å². The predicted molar refractivity (Wildman–Crippen MR) is 63.7 cm³/mol. The van der Waals surface area contributed by atoms with E-state index in [0.717, 1.165) is 31.6 Å². The van der Waals surface area contributed by atoms with Crippen molar-refractivity contribution in [3.8, 4) is 0 Å². The second-order valence-electron chi connectivity index (χ2n) is 4.63. The van der Waals surface area contributed by atoms with E-state index >= 15 is 0 Å². The van der Waals surface area contributed by atoms with Crippen LogP contribution in [0.5, 0.6) is 0 Å². The van der Waals surface area contributed by atoms with Crippen molar-refractivity contribution in [1.29, 1.82) is 0 Å². The Morgan fingerprint density at radius 3 is 2.33 bits per heavy atom. The molecule has 0 aliphatic heterocycles. The number of hydrogen-bond donors (Lipinski definition) is 2. The SMILES string of the molecule is Fc1cc(CNCCCNC2CC2)cc(F)c1F. The molecule has 0 spiro atoms. The number of benzene rings is 1. The molecular formula is C13H17F3N2. The highest BCUT2D eigenvalue weighted by atomic mass is 19.2. The highest BCUT2D eigenvalue weighted by Gasteiger charge is 2.19. The molecule has 1 saturated carbocycles. The van der Waals surface area contributed by atoms with Gasteiger partial charge in [-0.1, -0.05) is 0 Å². The van der Waals surface area contributed by atoms with Crippen LogP contribution >= 0.6 is 0 Å². The van der Waals surface area contributed by atoms with E-state index in [1.54, 1.807) is 0 Å². The Kier molecular flexibility index (Phi) is 4.60. The van der Waals surface area contributed by atoms with Gasteiger partial charge in [0.05, 0.1) is 0 Å². The molecule has 2 nitrogen and oxygen atoms in total. The molecule has 1 aromatic carbocycles. The molecule has 1 aliphatic carbocycles. The lowest BCUT2D eigenvalue weighted by Gasteiger charge is -2.06. The Morgan fingerprint density at radius 2 is 1.72 bits per heavy atom. The summed E-state index contributed by atoms with van der Waals surface area (Å²) in [5.41, 5.74) is 0.418. The zero-order valence-electron chi connectivity index (χ0n) is 10.1. The average molecular weight is 258 g/mol. The van der Waals surface area contributed by atoms with Crippen LogP contribution < -0.4 is 10.6 Å². The molecule has 5 heteroatoms. The van der Waals surface area contributed by atoms with Gasteiger partial charge in [-0.2, -0.15) is 0 Å². The number of rotatable bonds is 7. The minimum absolute atomic E-state index is 0.345. The van der Waals surface area contributed by atoms with Crippen molar-refractivity contribution in [3.05, 3.63) is 35.1 Å². The average Bonchev–Trinajstić information content (AvgIpc) is 3.14. The highest BCUT2D eigenvalue weighted by Crippen LogP contribution is 2.18. The van der Waals surface area contributed by atoms with E-state index in [2.05, 4.69) is 10.6 Å². The molecular weight excluding hydrogens is 241 g/mol. The third kappa shape index (κ3) is 3.99. The normalized spacial score (nSPS) is 15.1.